The van der Waals surface area contributed by atoms with Gasteiger partial charge in [-0.15, -0.1) is 11.8 Å². The Morgan fingerprint density at radius 3 is 2.84 bits per heavy atom. The van der Waals surface area contributed by atoms with E-state index >= 15 is 0 Å². The summed E-state index contributed by atoms with van der Waals surface area (Å²) in [4.78, 5) is 39.4. The van der Waals surface area contributed by atoms with E-state index in [1.165, 1.54) is 11.8 Å². The van der Waals surface area contributed by atoms with Gasteiger partial charge in [-0.05, 0) is 24.8 Å². The summed E-state index contributed by atoms with van der Waals surface area (Å²) in [7, 11) is 0. The van der Waals surface area contributed by atoms with Crippen molar-refractivity contribution >= 4 is 29.5 Å². The molecule has 0 radical (unpaired) electrons. The molecule has 7 heteroatoms. The Labute approximate surface area is 114 Å². The molecule has 0 aliphatic carbocycles. The standard InChI is InChI=1S/C12H13N3O3S/c1-19-7-2-3-8(13-6-7)11(17)14-9-4-5-10(16)15-12(9)18/h2-3,6,9H,4-5H2,1H3,(H,14,17)(H,15,16,18). The topological polar surface area (TPSA) is 88.2 Å². The van der Waals surface area contributed by atoms with Crippen LogP contribution in [0.1, 0.15) is 23.3 Å². The number of nitrogens with one attached hydrogen (secondary N) is 2. The first kappa shape index (κ1) is 13.5. The van der Waals surface area contributed by atoms with E-state index in [1.807, 2.05) is 6.26 Å². The van der Waals surface area contributed by atoms with Crippen LogP contribution >= 0.6 is 11.8 Å². The fourth-order valence-electron chi connectivity index (χ4n) is 1.70. The van der Waals surface area contributed by atoms with Crippen molar-refractivity contribution in [1.82, 2.24) is 15.6 Å². The summed E-state index contributed by atoms with van der Waals surface area (Å²) in [5, 5.41) is 4.76. The van der Waals surface area contributed by atoms with Gasteiger partial charge in [0.2, 0.25) is 11.8 Å². The molecule has 2 heterocycles. The average Bonchev–Trinajstić information content (AvgIpc) is 2.42. The third kappa shape index (κ3) is 3.31. The molecule has 1 aliphatic heterocycles. The third-order valence-electron chi connectivity index (χ3n) is 2.75. The summed E-state index contributed by atoms with van der Waals surface area (Å²) in [6.07, 6.45) is 4.07. The number of rotatable bonds is 3. The van der Waals surface area contributed by atoms with E-state index in [0.717, 1.165) is 4.90 Å². The molecule has 100 valence electrons. The van der Waals surface area contributed by atoms with Crippen LogP contribution in [0, 0.1) is 0 Å². The van der Waals surface area contributed by atoms with Crippen LogP contribution < -0.4 is 10.6 Å². The van der Waals surface area contributed by atoms with Gasteiger partial charge in [-0.2, -0.15) is 0 Å². The molecule has 6 nitrogen and oxygen atoms in total. The summed E-state index contributed by atoms with van der Waals surface area (Å²) < 4.78 is 0. The van der Waals surface area contributed by atoms with Gasteiger partial charge in [-0.3, -0.25) is 19.7 Å². The molecule has 1 aliphatic rings. The Balaban J connectivity index is 2.00. The van der Waals surface area contributed by atoms with E-state index < -0.39 is 17.9 Å². The summed E-state index contributed by atoms with van der Waals surface area (Å²) in [6, 6.07) is 2.72. The zero-order valence-corrected chi connectivity index (χ0v) is 11.1. The zero-order valence-electron chi connectivity index (χ0n) is 10.3. The molecule has 1 unspecified atom stereocenters. The van der Waals surface area contributed by atoms with Gasteiger partial charge in [0.15, 0.2) is 0 Å². The van der Waals surface area contributed by atoms with Gasteiger partial charge in [0.1, 0.15) is 11.7 Å². The van der Waals surface area contributed by atoms with E-state index in [9.17, 15) is 14.4 Å². The lowest BCUT2D eigenvalue weighted by molar-refractivity contribution is -0.134. The Hall–Kier alpha value is -1.89. The van der Waals surface area contributed by atoms with Gasteiger partial charge < -0.3 is 5.32 Å². The van der Waals surface area contributed by atoms with Crippen LogP contribution in [0.2, 0.25) is 0 Å². The molecule has 0 bridgehead atoms. The van der Waals surface area contributed by atoms with Crippen LogP contribution in [0.25, 0.3) is 0 Å². The largest absolute Gasteiger partial charge is 0.339 e. The molecule has 2 N–H and O–H groups in total. The predicted octanol–water partition coefficient (Wildman–Crippen LogP) is 0.338. The molecule has 0 spiro atoms. The molecule has 1 atom stereocenters. The van der Waals surface area contributed by atoms with Crippen LogP contribution in [-0.4, -0.2) is 35.0 Å². The van der Waals surface area contributed by atoms with Crippen molar-refractivity contribution in [2.75, 3.05) is 6.26 Å². The lowest BCUT2D eigenvalue weighted by Crippen LogP contribution is -2.52. The minimum absolute atomic E-state index is 0.232. The summed E-state index contributed by atoms with van der Waals surface area (Å²) in [5.74, 6) is -1.19. The number of carbonyl (C=O) groups is 3. The van der Waals surface area contributed by atoms with E-state index in [4.69, 9.17) is 0 Å². The predicted molar refractivity (Wildman–Crippen MR) is 69.7 cm³/mol. The lowest BCUT2D eigenvalue weighted by atomic mass is 10.1. The van der Waals surface area contributed by atoms with Crippen molar-refractivity contribution in [3.63, 3.8) is 0 Å². The molecule has 19 heavy (non-hydrogen) atoms. The number of piperidine rings is 1. The second-order valence-electron chi connectivity index (χ2n) is 4.06. The fourth-order valence-corrected chi connectivity index (χ4v) is 2.06. The first-order valence-corrected chi connectivity index (χ1v) is 6.97. The highest BCUT2D eigenvalue weighted by molar-refractivity contribution is 7.98. The van der Waals surface area contributed by atoms with Crippen molar-refractivity contribution in [2.45, 2.75) is 23.8 Å². The number of carbonyl (C=O) groups excluding carboxylic acids is 3. The molecule has 3 amide bonds. The molecule has 1 saturated heterocycles. The molecule has 1 aromatic rings. The van der Waals surface area contributed by atoms with Crippen molar-refractivity contribution in [2.24, 2.45) is 0 Å². The Morgan fingerprint density at radius 2 is 2.26 bits per heavy atom. The van der Waals surface area contributed by atoms with Gasteiger partial charge in [-0.1, -0.05) is 0 Å². The molecule has 0 aromatic carbocycles. The summed E-state index contributed by atoms with van der Waals surface area (Å²) in [5.41, 5.74) is 0.252. The monoisotopic (exact) mass is 279 g/mol. The molecule has 1 fully saturated rings. The van der Waals surface area contributed by atoms with E-state index in [1.54, 1.807) is 18.3 Å². The van der Waals surface area contributed by atoms with Gasteiger partial charge >= 0.3 is 0 Å². The number of thioether (sulfide) groups is 1. The fraction of sp³-hybridized carbons (Fsp3) is 0.333. The number of imide groups is 1. The Bertz CT molecular complexity index is 515. The minimum atomic E-state index is -0.674. The average molecular weight is 279 g/mol. The highest BCUT2D eigenvalue weighted by atomic mass is 32.2. The number of hydrogen-bond donors (Lipinski definition) is 2. The quantitative estimate of drug-likeness (QED) is 0.615. The highest BCUT2D eigenvalue weighted by Crippen LogP contribution is 2.13. The SMILES string of the molecule is CSc1ccc(C(=O)NC2CCC(=O)NC2=O)nc1. The molecular weight excluding hydrogens is 266 g/mol. The second-order valence-corrected chi connectivity index (χ2v) is 4.94. The molecule has 2 rings (SSSR count). The van der Waals surface area contributed by atoms with Crippen LogP contribution in [0.4, 0.5) is 0 Å². The second kappa shape index (κ2) is 5.83. The first-order chi connectivity index (χ1) is 9.10. The van der Waals surface area contributed by atoms with Crippen LogP contribution in [0.3, 0.4) is 0 Å². The Kier molecular flexibility index (Phi) is 4.16. The number of amides is 3. The van der Waals surface area contributed by atoms with Gasteiger partial charge in [0.25, 0.3) is 5.91 Å². The maximum Gasteiger partial charge on any atom is 0.270 e. The van der Waals surface area contributed by atoms with Crippen molar-refractivity contribution in [1.29, 1.82) is 0 Å². The summed E-state index contributed by atoms with van der Waals surface area (Å²) in [6.45, 7) is 0. The van der Waals surface area contributed by atoms with E-state index in [2.05, 4.69) is 15.6 Å². The van der Waals surface area contributed by atoms with Gasteiger partial charge in [0.05, 0.1) is 0 Å². The van der Waals surface area contributed by atoms with E-state index in [-0.39, 0.29) is 18.0 Å². The first-order valence-electron chi connectivity index (χ1n) is 5.75. The van der Waals surface area contributed by atoms with Crippen LogP contribution in [0.5, 0.6) is 0 Å². The highest BCUT2D eigenvalue weighted by Gasteiger charge is 2.28. The van der Waals surface area contributed by atoms with E-state index in [0.29, 0.717) is 6.42 Å². The molecule has 1 aromatic heterocycles. The Morgan fingerprint density at radius 1 is 1.47 bits per heavy atom. The normalized spacial score (nSPS) is 18.9. The number of pyridine rings is 1. The van der Waals surface area contributed by atoms with Crippen molar-refractivity contribution in [3.05, 3.63) is 24.0 Å². The number of aromatic nitrogens is 1. The molecule has 0 saturated carbocycles. The van der Waals surface area contributed by atoms with Crippen molar-refractivity contribution in [3.8, 4) is 0 Å². The number of hydrogen-bond acceptors (Lipinski definition) is 5. The minimum Gasteiger partial charge on any atom is -0.339 e. The maximum atomic E-state index is 11.9. The van der Waals surface area contributed by atoms with Gasteiger partial charge in [0, 0.05) is 17.5 Å². The number of nitrogens with zero attached hydrogens (tertiary/aromatic N) is 1. The van der Waals surface area contributed by atoms with Crippen LogP contribution in [-0.2, 0) is 9.59 Å². The summed E-state index contributed by atoms with van der Waals surface area (Å²) >= 11 is 1.53. The van der Waals surface area contributed by atoms with Crippen molar-refractivity contribution < 1.29 is 14.4 Å². The van der Waals surface area contributed by atoms with Gasteiger partial charge in [-0.25, -0.2) is 4.98 Å². The third-order valence-corrected chi connectivity index (χ3v) is 3.46. The van der Waals surface area contributed by atoms with Crippen LogP contribution in [0.15, 0.2) is 23.2 Å². The smallest absolute Gasteiger partial charge is 0.270 e. The zero-order chi connectivity index (χ0) is 13.8. The molecular formula is C12H13N3O3S. The maximum absolute atomic E-state index is 11.9. The lowest BCUT2D eigenvalue weighted by Gasteiger charge is -2.21.